The first kappa shape index (κ1) is 19.1. The third kappa shape index (κ3) is 3.48. The van der Waals surface area contributed by atoms with Crippen molar-refractivity contribution in [1.82, 2.24) is 0 Å². The molecule has 1 aliphatic rings. The van der Waals surface area contributed by atoms with Crippen LogP contribution < -0.4 is 4.90 Å². The molecule has 1 atom stereocenters. The van der Waals surface area contributed by atoms with Gasteiger partial charge in [0, 0.05) is 5.69 Å². The molecule has 0 fully saturated rings. The molecule has 146 valence electrons. The van der Waals surface area contributed by atoms with Gasteiger partial charge in [0.15, 0.2) is 5.76 Å². The molecule has 29 heavy (non-hydrogen) atoms. The molecule has 1 amide bonds. The van der Waals surface area contributed by atoms with Gasteiger partial charge < -0.3 is 10.2 Å². The number of thiophene rings is 2. The Hall–Kier alpha value is -3.23. The number of hydrogen-bond donors (Lipinski definition) is 2. The number of carboxylic acid groups (broad SMARTS) is 1. The van der Waals surface area contributed by atoms with E-state index in [1.807, 2.05) is 16.8 Å². The first-order valence-corrected chi connectivity index (χ1v) is 10.5. The Balaban J connectivity index is 1.77. The third-order valence-electron chi connectivity index (χ3n) is 4.63. The van der Waals surface area contributed by atoms with Crippen molar-refractivity contribution >= 4 is 46.0 Å². The van der Waals surface area contributed by atoms with Crippen LogP contribution in [-0.2, 0) is 16.0 Å². The lowest BCUT2D eigenvalue weighted by molar-refractivity contribution is -0.136. The van der Waals surface area contributed by atoms with E-state index in [1.54, 1.807) is 41.8 Å². The zero-order valence-corrected chi connectivity index (χ0v) is 16.6. The predicted molar refractivity (Wildman–Crippen MR) is 111 cm³/mol. The number of carbonyl (C=O) groups excluding carboxylic acids is 2. The van der Waals surface area contributed by atoms with Gasteiger partial charge in [0.2, 0.25) is 5.78 Å². The van der Waals surface area contributed by atoms with E-state index in [0.29, 0.717) is 16.1 Å². The number of aliphatic hydroxyl groups excluding tert-OH is 1. The summed E-state index contributed by atoms with van der Waals surface area (Å²) in [4.78, 5) is 38.7. The molecule has 3 aromatic rings. The molecule has 2 aromatic heterocycles. The average molecular weight is 425 g/mol. The molecule has 0 aliphatic carbocycles. The predicted octanol–water partition coefficient (Wildman–Crippen LogP) is 4.22. The first-order chi connectivity index (χ1) is 14.0. The zero-order valence-electron chi connectivity index (χ0n) is 14.9. The van der Waals surface area contributed by atoms with Crippen molar-refractivity contribution in [3.63, 3.8) is 0 Å². The van der Waals surface area contributed by atoms with Gasteiger partial charge in [-0.25, -0.2) is 0 Å². The van der Waals surface area contributed by atoms with Crippen LogP contribution >= 0.6 is 22.7 Å². The fraction of sp³-hybridized carbons (Fsp3) is 0.0952. The summed E-state index contributed by atoms with van der Waals surface area (Å²) >= 11 is 2.68. The molecule has 1 aromatic carbocycles. The van der Waals surface area contributed by atoms with E-state index in [0.717, 1.165) is 5.56 Å². The number of aliphatic hydroxyl groups is 1. The highest BCUT2D eigenvalue weighted by atomic mass is 32.1. The summed E-state index contributed by atoms with van der Waals surface area (Å²) in [5, 5.41) is 25.0. The molecule has 3 heterocycles. The number of amides is 1. The minimum atomic E-state index is -0.950. The van der Waals surface area contributed by atoms with Crippen molar-refractivity contribution < 1.29 is 24.6 Å². The Morgan fingerprint density at radius 1 is 1.07 bits per heavy atom. The van der Waals surface area contributed by atoms with Crippen LogP contribution in [0.15, 0.2) is 69.9 Å². The fourth-order valence-corrected chi connectivity index (χ4v) is 4.70. The highest BCUT2D eigenvalue weighted by molar-refractivity contribution is 7.12. The normalized spacial score (nSPS) is 16.5. The number of ketones is 1. The molecular weight excluding hydrogens is 410 g/mol. The topological polar surface area (TPSA) is 94.9 Å². The number of benzene rings is 1. The number of rotatable bonds is 6. The van der Waals surface area contributed by atoms with Crippen LogP contribution in [0, 0.1) is 0 Å². The standard InChI is InChI=1S/C21H15NO5S2/c23-16(24)10-12-3-5-14(6-4-12)22-18(13-7-9-28-11-13)17(20(26)21(22)27)19(25)15-2-1-8-29-15/h1-9,11,18,26H,10H2,(H,23,24). The quantitative estimate of drug-likeness (QED) is 0.577. The molecule has 0 radical (unpaired) electrons. The summed E-state index contributed by atoms with van der Waals surface area (Å²) in [5.41, 5.74) is 1.83. The molecule has 4 rings (SSSR count). The first-order valence-electron chi connectivity index (χ1n) is 8.65. The van der Waals surface area contributed by atoms with E-state index in [4.69, 9.17) is 5.11 Å². The van der Waals surface area contributed by atoms with E-state index in [9.17, 15) is 19.5 Å². The van der Waals surface area contributed by atoms with Crippen molar-refractivity contribution in [2.45, 2.75) is 12.5 Å². The number of carbonyl (C=O) groups is 3. The highest BCUT2D eigenvalue weighted by Crippen LogP contribution is 2.42. The summed E-state index contributed by atoms with van der Waals surface area (Å²) in [6.07, 6.45) is -0.131. The second kappa shape index (κ2) is 7.65. The SMILES string of the molecule is O=C(O)Cc1ccc(N2C(=O)C(O)=C(C(=O)c3cccs3)C2c2ccsc2)cc1. The molecule has 0 saturated heterocycles. The van der Waals surface area contributed by atoms with Gasteiger partial charge in [0.25, 0.3) is 5.91 Å². The maximum absolute atomic E-state index is 13.1. The lowest BCUT2D eigenvalue weighted by atomic mass is 9.97. The Morgan fingerprint density at radius 2 is 1.83 bits per heavy atom. The summed E-state index contributed by atoms with van der Waals surface area (Å²) in [6, 6.07) is 11.0. The van der Waals surface area contributed by atoms with Crippen LogP contribution in [-0.4, -0.2) is 27.9 Å². The number of Topliss-reactive ketones (excluding diaryl/α,β-unsaturated/α-hetero) is 1. The van der Waals surface area contributed by atoms with Crippen LogP contribution in [0.25, 0.3) is 0 Å². The fourth-order valence-electron chi connectivity index (χ4n) is 3.34. The third-order valence-corrected chi connectivity index (χ3v) is 6.20. The molecule has 1 unspecified atom stereocenters. The minimum Gasteiger partial charge on any atom is -0.503 e. The van der Waals surface area contributed by atoms with Gasteiger partial charge in [-0.3, -0.25) is 19.3 Å². The van der Waals surface area contributed by atoms with Crippen molar-refractivity contribution in [3.05, 3.63) is 85.9 Å². The maximum Gasteiger partial charge on any atom is 0.307 e. The van der Waals surface area contributed by atoms with E-state index < -0.39 is 23.7 Å². The Kier molecular flexibility index (Phi) is 5.04. The Morgan fingerprint density at radius 3 is 2.41 bits per heavy atom. The van der Waals surface area contributed by atoms with Gasteiger partial charge in [-0.2, -0.15) is 11.3 Å². The number of anilines is 1. The van der Waals surface area contributed by atoms with Crippen LogP contribution in [0.5, 0.6) is 0 Å². The second-order valence-electron chi connectivity index (χ2n) is 6.44. The zero-order chi connectivity index (χ0) is 20.5. The number of carboxylic acids is 1. The molecule has 0 spiro atoms. The van der Waals surface area contributed by atoms with Crippen LogP contribution in [0.4, 0.5) is 5.69 Å². The van der Waals surface area contributed by atoms with Gasteiger partial charge >= 0.3 is 5.97 Å². The maximum atomic E-state index is 13.1. The largest absolute Gasteiger partial charge is 0.503 e. The van der Waals surface area contributed by atoms with Gasteiger partial charge in [0.05, 0.1) is 22.9 Å². The Labute approximate surface area is 174 Å². The average Bonchev–Trinajstić information content (AvgIpc) is 3.44. The van der Waals surface area contributed by atoms with Crippen molar-refractivity contribution in [2.24, 2.45) is 0 Å². The summed E-state index contributed by atoms with van der Waals surface area (Å²) < 4.78 is 0. The Bertz CT molecular complexity index is 1100. The van der Waals surface area contributed by atoms with Crippen molar-refractivity contribution in [2.75, 3.05) is 4.90 Å². The number of hydrogen-bond acceptors (Lipinski definition) is 6. The van der Waals surface area contributed by atoms with Gasteiger partial charge in [0.1, 0.15) is 0 Å². The summed E-state index contributed by atoms with van der Waals surface area (Å²) in [7, 11) is 0. The monoisotopic (exact) mass is 425 g/mol. The van der Waals surface area contributed by atoms with Crippen molar-refractivity contribution in [3.8, 4) is 0 Å². The van der Waals surface area contributed by atoms with Gasteiger partial charge in [-0.05, 0) is 51.5 Å². The van der Waals surface area contributed by atoms with Crippen LogP contribution in [0.2, 0.25) is 0 Å². The molecule has 0 bridgehead atoms. The molecular formula is C21H15NO5S2. The highest BCUT2D eigenvalue weighted by Gasteiger charge is 2.44. The molecule has 1 aliphatic heterocycles. The van der Waals surface area contributed by atoms with E-state index in [2.05, 4.69) is 0 Å². The number of aliphatic carboxylic acids is 1. The van der Waals surface area contributed by atoms with Gasteiger partial charge in [-0.15, -0.1) is 11.3 Å². The summed E-state index contributed by atoms with van der Waals surface area (Å²) in [6.45, 7) is 0. The molecule has 6 nitrogen and oxygen atoms in total. The van der Waals surface area contributed by atoms with E-state index >= 15 is 0 Å². The van der Waals surface area contributed by atoms with E-state index in [-0.39, 0.29) is 17.8 Å². The number of nitrogens with zero attached hydrogens (tertiary/aromatic N) is 1. The van der Waals surface area contributed by atoms with Crippen LogP contribution in [0.1, 0.15) is 26.8 Å². The lowest BCUT2D eigenvalue weighted by Crippen LogP contribution is -2.30. The van der Waals surface area contributed by atoms with Crippen LogP contribution in [0.3, 0.4) is 0 Å². The molecule has 2 N–H and O–H groups in total. The second-order valence-corrected chi connectivity index (χ2v) is 8.17. The van der Waals surface area contributed by atoms with Gasteiger partial charge in [-0.1, -0.05) is 18.2 Å². The summed E-state index contributed by atoms with van der Waals surface area (Å²) in [5.74, 6) is -2.55. The smallest absolute Gasteiger partial charge is 0.307 e. The van der Waals surface area contributed by atoms with E-state index in [1.165, 1.54) is 27.6 Å². The molecule has 8 heteroatoms. The minimum absolute atomic E-state index is 0.0467. The molecule has 0 saturated carbocycles. The van der Waals surface area contributed by atoms with Crippen molar-refractivity contribution in [1.29, 1.82) is 0 Å². The lowest BCUT2D eigenvalue weighted by Gasteiger charge is -2.26.